The molecule has 1 saturated heterocycles. The number of rotatable bonds is 7. The van der Waals surface area contributed by atoms with Crippen LogP contribution in [0.1, 0.15) is 46.4 Å². The van der Waals surface area contributed by atoms with Gasteiger partial charge in [-0.25, -0.2) is 4.79 Å². The summed E-state index contributed by atoms with van der Waals surface area (Å²) in [5.74, 6) is -2.23. The maximum atomic E-state index is 13.1. The molecule has 7 nitrogen and oxygen atoms in total. The van der Waals surface area contributed by atoms with Gasteiger partial charge < -0.3 is 14.7 Å². The summed E-state index contributed by atoms with van der Waals surface area (Å²) in [6.45, 7) is 2.34. The highest BCUT2D eigenvalue weighted by molar-refractivity contribution is 6.46. The van der Waals surface area contributed by atoms with Gasteiger partial charge in [0, 0.05) is 29.5 Å². The Morgan fingerprint density at radius 2 is 1.74 bits per heavy atom. The number of hydrogen-bond donors (Lipinski definition) is 1. The number of ketones is 1. The summed E-state index contributed by atoms with van der Waals surface area (Å²) in [6, 6.07) is 15.6. The third kappa shape index (κ3) is 5.10. The number of halogens is 1. The van der Waals surface area contributed by atoms with Crippen molar-refractivity contribution in [1.29, 1.82) is 0 Å². The second kappa shape index (κ2) is 10.5. The van der Waals surface area contributed by atoms with E-state index in [0.717, 1.165) is 6.42 Å². The van der Waals surface area contributed by atoms with E-state index in [4.69, 9.17) is 16.3 Å². The van der Waals surface area contributed by atoms with Crippen molar-refractivity contribution in [1.82, 2.24) is 9.88 Å². The number of nitrogens with zero attached hydrogens (tertiary/aromatic N) is 2. The predicted octanol–water partition coefficient (Wildman–Crippen LogP) is 4.92. The molecule has 8 heteroatoms. The number of hydrogen-bond acceptors (Lipinski definition) is 6. The van der Waals surface area contributed by atoms with E-state index in [0.29, 0.717) is 33.9 Å². The van der Waals surface area contributed by atoms with E-state index in [9.17, 15) is 19.5 Å². The van der Waals surface area contributed by atoms with Crippen LogP contribution < -0.4 is 0 Å². The third-order valence-corrected chi connectivity index (χ3v) is 5.89. The molecule has 1 N–H and O–H groups in total. The molecule has 2 heterocycles. The number of benzene rings is 2. The third-order valence-electron chi connectivity index (χ3n) is 5.64. The van der Waals surface area contributed by atoms with E-state index >= 15 is 0 Å². The van der Waals surface area contributed by atoms with Gasteiger partial charge in [-0.3, -0.25) is 14.6 Å². The van der Waals surface area contributed by atoms with E-state index < -0.39 is 23.7 Å². The first kappa shape index (κ1) is 24.2. The van der Waals surface area contributed by atoms with Crippen LogP contribution in [0, 0.1) is 0 Å². The van der Waals surface area contributed by atoms with E-state index in [1.807, 2.05) is 6.92 Å². The van der Waals surface area contributed by atoms with Gasteiger partial charge in [0.05, 0.1) is 23.8 Å². The SMILES string of the molecule is CCCOC(=O)c1ccc(CN2C(=O)C(=O)/C(=C(/O)c3ccc(Cl)cc3)C2c2cccnc2)cc1. The van der Waals surface area contributed by atoms with E-state index in [-0.39, 0.29) is 17.9 Å². The molecule has 2 aromatic carbocycles. The van der Waals surface area contributed by atoms with Gasteiger partial charge in [-0.2, -0.15) is 0 Å². The minimum absolute atomic E-state index is 0.0231. The minimum atomic E-state index is -0.839. The van der Waals surface area contributed by atoms with Crippen LogP contribution in [0.2, 0.25) is 5.02 Å². The second-order valence-corrected chi connectivity index (χ2v) is 8.49. The summed E-state index contributed by atoms with van der Waals surface area (Å²) >= 11 is 5.96. The lowest BCUT2D eigenvalue weighted by atomic mass is 9.96. The van der Waals surface area contributed by atoms with Gasteiger partial charge in [-0.15, -0.1) is 0 Å². The molecule has 1 unspecified atom stereocenters. The Hall–Kier alpha value is -3.97. The summed E-state index contributed by atoms with van der Waals surface area (Å²) in [7, 11) is 0. The number of Topliss-reactive ketones (excluding diaryl/α,β-unsaturated/α-hetero) is 1. The number of carbonyl (C=O) groups excluding carboxylic acids is 3. The van der Waals surface area contributed by atoms with Crippen LogP contribution in [0.15, 0.2) is 78.6 Å². The molecule has 0 saturated carbocycles. The predicted molar refractivity (Wildman–Crippen MR) is 131 cm³/mol. The molecule has 4 rings (SSSR count). The average molecular weight is 491 g/mol. The molecular formula is C27H23ClN2O5. The van der Waals surface area contributed by atoms with E-state index in [1.54, 1.807) is 73.1 Å². The molecule has 3 aromatic rings. The summed E-state index contributed by atoms with van der Waals surface area (Å²) in [6.07, 6.45) is 3.88. The molecular weight excluding hydrogens is 468 g/mol. The molecule has 178 valence electrons. The summed E-state index contributed by atoms with van der Waals surface area (Å²) in [5, 5.41) is 11.5. The highest BCUT2D eigenvalue weighted by atomic mass is 35.5. The molecule has 1 aromatic heterocycles. The van der Waals surface area contributed by atoms with Crippen LogP contribution in [-0.2, 0) is 20.9 Å². The van der Waals surface area contributed by atoms with E-state index in [2.05, 4.69) is 4.98 Å². The first-order valence-corrected chi connectivity index (χ1v) is 11.5. The fraction of sp³-hybridized carbons (Fsp3) is 0.185. The van der Waals surface area contributed by atoms with Gasteiger partial charge >= 0.3 is 5.97 Å². The molecule has 35 heavy (non-hydrogen) atoms. The van der Waals surface area contributed by atoms with Crippen LogP contribution in [0.4, 0.5) is 0 Å². The number of carbonyl (C=O) groups is 3. The Morgan fingerprint density at radius 1 is 1.06 bits per heavy atom. The van der Waals surface area contributed by atoms with Crippen molar-refractivity contribution in [2.75, 3.05) is 6.61 Å². The van der Waals surface area contributed by atoms with Gasteiger partial charge in [-0.1, -0.05) is 36.7 Å². The van der Waals surface area contributed by atoms with Gasteiger partial charge in [0.2, 0.25) is 0 Å². The van der Waals surface area contributed by atoms with Gasteiger partial charge in [-0.05, 0) is 60.0 Å². The minimum Gasteiger partial charge on any atom is -0.507 e. The molecule has 0 aliphatic carbocycles. The molecule has 1 fully saturated rings. The van der Waals surface area contributed by atoms with Gasteiger partial charge in [0.1, 0.15) is 5.76 Å². The Balaban J connectivity index is 1.70. The molecule has 1 aliphatic rings. The monoisotopic (exact) mass is 490 g/mol. The number of amides is 1. The quantitative estimate of drug-likeness (QED) is 0.218. The fourth-order valence-corrected chi connectivity index (χ4v) is 4.04. The Labute approximate surface area is 207 Å². The fourth-order valence-electron chi connectivity index (χ4n) is 3.91. The average Bonchev–Trinajstić information content (AvgIpc) is 3.13. The standard InChI is InChI=1S/C27H23ClN2O5/c1-2-14-35-27(34)19-7-5-17(6-8-19)16-30-23(20-4-3-13-29-15-20)22(25(32)26(30)33)24(31)18-9-11-21(28)12-10-18/h3-13,15,23,31H,2,14,16H2,1H3/b24-22+. The lowest BCUT2D eigenvalue weighted by Gasteiger charge is -2.25. The van der Waals surface area contributed by atoms with Crippen LogP contribution >= 0.6 is 11.6 Å². The van der Waals surface area contributed by atoms with Crippen molar-refractivity contribution in [3.05, 3.63) is 106 Å². The number of pyridine rings is 1. The zero-order chi connectivity index (χ0) is 24.9. The van der Waals surface area contributed by atoms with E-state index in [1.165, 1.54) is 4.90 Å². The zero-order valence-electron chi connectivity index (χ0n) is 19.0. The molecule has 1 amide bonds. The maximum Gasteiger partial charge on any atom is 0.338 e. The summed E-state index contributed by atoms with van der Waals surface area (Å²) < 4.78 is 5.15. The Kier molecular flexibility index (Phi) is 7.27. The van der Waals surface area contributed by atoms with Crippen molar-refractivity contribution in [2.45, 2.75) is 25.9 Å². The second-order valence-electron chi connectivity index (χ2n) is 8.05. The highest BCUT2D eigenvalue weighted by Gasteiger charge is 2.46. The Morgan fingerprint density at radius 3 is 2.37 bits per heavy atom. The zero-order valence-corrected chi connectivity index (χ0v) is 19.7. The van der Waals surface area contributed by atoms with Gasteiger partial charge in [0.25, 0.3) is 11.7 Å². The highest BCUT2D eigenvalue weighted by Crippen LogP contribution is 2.40. The Bertz CT molecular complexity index is 1270. The topological polar surface area (TPSA) is 96.8 Å². The molecule has 0 radical (unpaired) electrons. The number of aliphatic hydroxyl groups excluding tert-OH is 1. The number of likely N-dealkylation sites (tertiary alicyclic amines) is 1. The van der Waals surface area contributed by atoms with Crippen LogP contribution in [-0.4, -0.2) is 39.3 Å². The van der Waals surface area contributed by atoms with Crippen LogP contribution in [0.3, 0.4) is 0 Å². The first-order valence-electron chi connectivity index (χ1n) is 11.1. The lowest BCUT2D eigenvalue weighted by molar-refractivity contribution is -0.140. The normalized spacial score (nSPS) is 17.0. The number of aromatic nitrogens is 1. The van der Waals surface area contributed by atoms with Crippen molar-refractivity contribution >= 4 is 35.0 Å². The van der Waals surface area contributed by atoms with Crippen molar-refractivity contribution in [3.63, 3.8) is 0 Å². The van der Waals surface area contributed by atoms with Crippen LogP contribution in [0.5, 0.6) is 0 Å². The molecule has 0 bridgehead atoms. The smallest absolute Gasteiger partial charge is 0.338 e. The largest absolute Gasteiger partial charge is 0.507 e. The number of ether oxygens (including phenoxy) is 1. The molecule has 0 spiro atoms. The van der Waals surface area contributed by atoms with Crippen molar-refractivity contribution in [2.24, 2.45) is 0 Å². The van der Waals surface area contributed by atoms with Gasteiger partial charge in [0.15, 0.2) is 0 Å². The van der Waals surface area contributed by atoms with Crippen molar-refractivity contribution in [3.8, 4) is 0 Å². The first-order chi connectivity index (χ1) is 16.9. The molecule has 1 aliphatic heterocycles. The maximum absolute atomic E-state index is 13.1. The summed E-state index contributed by atoms with van der Waals surface area (Å²) in [5.41, 5.74) is 2.04. The van der Waals surface area contributed by atoms with Crippen molar-refractivity contribution < 1.29 is 24.2 Å². The summed E-state index contributed by atoms with van der Waals surface area (Å²) in [4.78, 5) is 43.8. The lowest BCUT2D eigenvalue weighted by Crippen LogP contribution is -2.29. The number of aliphatic hydroxyl groups is 1. The number of esters is 1. The molecule has 1 atom stereocenters. The van der Waals surface area contributed by atoms with Crippen LogP contribution in [0.25, 0.3) is 5.76 Å².